The van der Waals surface area contributed by atoms with E-state index < -0.39 is 48.3 Å². The molecule has 3 aliphatic heterocycles. The van der Waals surface area contributed by atoms with Crippen molar-refractivity contribution >= 4 is 24.1 Å². The van der Waals surface area contributed by atoms with Crippen molar-refractivity contribution in [1.29, 1.82) is 0 Å². The normalized spacial score (nSPS) is 24.9. The summed E-state index contributed by atoms with van der Waals surface area (Å²) in [7, 11) is 0. The largest absolute Gasteiger partial charge is 0.464 e. The van der Waals surface area contributed by atoms with Gasteiger partial charge in [-0.05, 0) is 75.0 Å². The lowest BCUT2D eigenvalue weighted by Gasteiger charge is -2.47. The van der Waals surface area contributed by atoms with Gasteiger partial charge in [-0.1, -0.05) is 39.2 Å². The summed E-state index contributed by atoms with van der Waals surface area (Å²) in [5, 5.41) is 8.56. The topological polar surface area (TPSA) is 169 Å². The van der Waals surface area contributed by atoms with Gasteiger partial charge < -0.3 is 49.1 Å². The molecule has 290 valence electrons. The predicted octanol–water partition coefficient (Wildman–Crippen LogP) is 5.64. The number of nitrogens with one attached hydrogen (secondary N) is 3. The van der Waals surface area contributed by atoms with E-state index in [2.05, 4.69) is 16.0 Å². The molecule has 5 atom stereocenters. The second-order valence-corrected chi connectivity index (χ2v) is 14.8. The number of carbonyl (C=O) groups is 4. The van der Waals surface area contributed by atoms with Crippen molar-refractivity contribution in [1.82, 2.24) is 16.0 Å². The molecule has 3 amide bonds. The predicted molar refractivity (Wildman–Crippen MR) is 188 cm³/mol. The Morgan fingerprint density at radius 1 is 0.923 bits per heavy atom. The smallest absolute Gasteiger partial charge is 0.407 e. The minimum Gasteiger partial charge on any atom is -0.464 e. The van der Waals surface area contributed by atoms with Crippen LogP contribution in [0.2, 0.25) is 0 Å². The Morgan fingerprint density at radius 3 is 2.50 bits per heavy atom. The van der Waals surface area contributed by atoms with Crippen molar-refractivity contribution in [2.24, 2.45) is 11.8 Å². The molecule has 3 N–H and O–H groups in total. The standard InChI is InChI=1S/C38H57N3O11/c1-4-46-35(43)31(17-25(2)3)41-34(42)15-13-28-19-30(50-37(45)40-22-27-12-14-32-33(18-27)49-24-48-32)20-38(51-28)16-8-11-29(52-38)23-47-36(44)39-21-26-9-6-5-7-10-26/h12,14,18,25-26,28-31H,4-11,13,15-17,19-24H2,1-3H3,(H,39,44)(H,40,45)(H,41,42)/t28?,29?,30?,31-,38?/m0/s1. The van der Waals surface area contributed by atoms with Gasteiger partial charge in [0, 0.05) is 38.8 Å². The number of hydrogen-bond donors (Lipinski definition) is 3. The van der Waals surface area contributed by atoms with Crippen LogP contribution in [0, 0.1) is 11.8 Å². The molecule has 14 heteroatoms. The number of alkyl carbamates (subject to hydrolysis) is 2. The molecule has 3 heterocycles. The van der Waals surface area contributed by atoms with Gasteiger partial charge in [-0.2, -0.15) is 0 Å². The van der Waals surface area contributed by atoms with Crippen molar-refractivity contribution in [3.8, 4) is 11.5 Å². The first-order valence-corrected chi connectivity index (χ1v) is 19.1. The number of carbonyl (C=O) groups excluding carboxylic acids is 4. The summed E-state index contributed by atoms with van der Waals surface area (Å²) in [4.78, 5) is 51.2. The lowest BCUT2D eigenvalue weighted by molar-refractivity contribution is -0.329. The summed E-state index contributed by atoms with van der Waals surface area (Å²) in [6, 6.07) is 4.72. The maximum Gasteiger partial charge on any atom is 0.407 e. The van der Waals surface area contributed by atoms with Gasteiger partial charge in [0.05, 0.1) is 18.8 Å². The fourth-order valence-electron chi connectivity index (χ4n) is 7.51. The van der Waals surface area contributed by atoms with E-state index >= 15 is 0 Å². The highest BCUT2D eigenvalue weighted by Crippen LogP contribution is 2.41. The number of fused-ring (bicyclic) bond motifs is 1. The molecule has 1 aliphatic carbocycles. The highest BCUT2D eigenvalue weighted by Gasteiger charge is 2.47. The lowest BCUT2D eigenvalue weighted by Crippen LogP contribution is -2.54. The van der Waals surface area contributed by atoms with Crippen LogP contribution in [-0.2, 0) is 39.8 Å². The Morgan fingerprint density at radius 2 is 1.71 bits per heavy atom. The third kappa shape index (κ3) is 12.1. The molecule has 0 radical (unpaired) electrons. The van der Waals surface area contributed by atoms with Gasteiger partial charge in [0.15, 0.2) is 17.3 Å². The Bertz CT molecular complexity index is 1350. The van der Waals surface area contributed by atoms with Crippen molar-refractivity contribution < 1.29 is 52.3 Å². The number of benzene rings is 1. The molecule has 1 saturated carbocycles. The molecule has 0 bridgehead atoms. The van der Waals surface area contributed by atoms with E-state index in [4.69, 9.17) is 33.2 Å². The van der Waals surface area contributed by atoms with Gasteiger partial charge in [-0.3, -0.25) is 4.79 Å². The zero-order valence-corrected chi connectivity index (χ0v) is 30.9. The second-order valence-electron chi connectivity index (χ2n) is 14.8. The Balaban J connectivity index is 1.18. The molecule has 1 spiro atoms. The second kappa shape index (κ2) is 19.3. The highest BCUT2D eigenvalue weighted by atomic mass is 16.7. The van der Waals surface area contributed by atoms with Crippen LogP contribution in [0.5, 0.6) is 11.5 Å². The van der Waals surface area contributed by atoms with E-state index in [0.29, 0.717) is 56.1 Å². The highest BCUT2D eigenvalue weighted by molar-refractivity contribution is 5.84. The molecule has 1 aromatic carbocycles. The number of ether oxygens (including phenoxy) is 7. The monoisotopic (exact) mass is 731 g/mol. The van der Waals surface area contributed by atoms with E-state index in [0.717, 1.165) is 24.8 Å². The van der Waals surface area contributed by atoms with Crippen LogP contribution in [-0.4, -0.2) is 80.8 Å². The fourth-order valence-corrected chi connectivity index (χ4v) is 7.51. The first-order chi connectivity index (χ1) is 25.1. The zero-order chi connectivity index (χ0) is 36.9. The van der Waals surface area contributed by atoms with E-state index in [-0.39, 0.29) is 51.2 Å². The number of esters is 1. The number of hydrogen-bond acceptors (Lipinski definition) is 11. The van der Waals surface area contributed by atoms with Crippen LogP contribution < -0.4 is 25.4 Å². The van der Waals surface area contributed by atoms with Crippen LogP contribution in [0.25, 0.3) is 0 Å². The molecule has 5 rings (SSSR count). The third-order valence-corrected chi connectivity index (χ3v) is 10.0. The SMILES string of the molecule is CCOC(=O)[C@H](CC(C)C)NC(=O)CCC1CC(OC(=O)NCc2ccc3c(c2)OCO3)CC2(CCCC(COC(=O)NCC3CCCCC3)O2)O1. The zero-order valence-electron chi connectivity index (χ0n) is 30.9. The number of rotatable bonds is 15. The summed E-state index contributed by atoms with van der Waals surface area (Å²) >= 11 is 0. The molecule has 14 nitrogen and oxygen atoms in total. The van der Waals surface area contributed by atoms with Gasteiger partial charge in [-0.15, -0.1) is 0 Å². The van der Waals surface area contributed by atoms with Crippen molar-refractivity contribution in [3.63, 3.8) is 0 Å². The molecule has 4 unspecified atom stereocenters. The Labute approximate surface area is 306 Å². The molecular weight excluding hydrogens is 674 g/mol. The van der Waals surface area contributed by atoms with Gasteiger partial charge in [-0.25, -0.2) is 14.4 Å². The summed E-state index contributed by atoms with van der Waals surface area (Å²) in [5.41, 5.74) is 0.827. The minimum atomic E-state index is -1.09. The summed E-state index contributed by atoms with van der Waals surface area (Å²) in [6.45, 7) is 6.98. The maximum absolute atomic E-state index is 13.1. The van der Waals surface area contributed by atoms with Crippen molar-refractivity contribution in [2.75, 3.05) is 26.6 Å². The molecule has 4 aliphatic rings. The maximum atomic E-state index is 13.1. The molecule has 2 saturated heterocycles. The molecular formula is C38H57N3O11. The average Bonchev–Trinajstić information content (AvgIpc) is 3.59. The first kappa shape index (κ1) is 39.4. The van der Waals surface area contributed by atoms with Gasteiger partial charge in [0.1, 0.15) is 18.8 Å². The van der Waals surface area contributed by atoms with E-state index in [1.807, 2.05) is 26.0 Å². The van der Waals surface area contributed by atoms with Crippen molar-refractivity contribution in [2.45, 2.75) is 141 Å². The molecule has 3 fully saturated rings. The van der Waals surface area contributed by atoms with Gasteiger partial charge in [0.2, 0.25) is 12.7 Å². The molecule has 0 aromatic heterocycles. The summed E-state index contributed by atoms with van der Waals surface area (Å²) < 4.78 is 40.6. The molecule has 1 aromatic rings. The average molecular weight is 732 g/mol. The van der Waals surface area contributed by atoms with Crippen LogP contribution in [0.1, 0.15) is 110 Å². The van der Waals surface area contributed by atoms with E-state index in [1.54, 1.807) is 13.0 Å². The summed E-state index contributed by atoms with van der Waals surface area (Å²) in [6.07, 6.45) is 6.90. The van der Waals surface area contributed by atoms with Crippen LogP contribution in [0.3, 0.4) is 0 Å². The van der Waals surface area contributed by atoms with Crippen LogP contribution >= 0.6 is 0 Å². The number of amides is 3. The van der Waals surface area contributed by atoms with Gasteiger partial charge in [0.25, 0.3) is 0 Å². The van der Waals surface area contributed by atoms with Crippen molar-refractivity contribution in [3.05, 3.63) is 23.8 Å². The minimum absolute atomic E-state index is 0.0708. The van der Waals surface area contributed by atoms with Crippen LogP contribution in [0.4, 0.5) is 9.59 Å². The molecule has 52 heavy (non-hydrogen) atoms. The van der Waals surface area contributed by atoms with E-state index in [1.165, 1.54) is 19.3 Å². The third-order valence-electron chi connectivity index (χ3n) is 10.0. The Hall–Kier alpha value is -3.78. The lowest BCUT2D eigenvalue weighted by atomic mass is 9.89. The fraction of sp³-hybridized carbons (Fsp3) is 0.737. The first-order valence-electron chi connectivity index (χ1n) is 19.1. The van der Waals surface area contributed by atoms with Crippen LogP contribution in [0.15, 0.2) is 18.2 Å². The van der Waals surface area contributed by atoms with Gasteiger partial charge >= 0.3 is 18.2 Å². The quantitative estimate of drug-likeness (QED) is 0.151. The summed E-state index contributed by atoms with van der Waals surface area (Å²) in [5.74, 6) is 0.110. The van der Waals surface area contributed by atoms with E-state index in [9.17, 15) is 19.2 Å². The Kier molecular flexibility index (Phi) is 14.7.